The predicted molar refractivity (Wildman–Crippen MR) is 56.2 cm³/mol. The molecule has 0 atom stereocenters. The van der Waals surface area contributed by atoms with E-state index in [4.69, 9.17) is 5.73 Å². The van der Waals surface area contributed by atoms with Gasteiger partial charge in [0.2, 0.25) is 0 Å². The van der Waals surface area contributed by atoms with Gasteiger partial charge in [0, 0.05) is 23.8 Å². The number of hydrogen-bond acceptors (Lipinski definition) is 2. The summed E-state index contributed by atoms with van der Waals surface area (Å²) in [5, 5.41) is 0. The van der Waals surface area contributed by atoms with Crippen molar-refractivity contribution >= 4 is 11.4 Å². The van der Waals surface area contributed by atoms with Crippen molar-refractivity contribution in [3.05, 3.63) is 48.8 Å². The van der Waals surface area contributed by atoms with E-state index in [1.54, 1.807) is 0 Å². The van der Waals surface area contributed by atoms with Crippen molar-refractivity contribution in [3.8, 4) is 0 Å². The molecule has 0 spiro atoms. The number of allylic oxidation sites excluding steroid dienone is 2. The highest BCUT2D eigenvalue weighted by Crippen LogP contribution is 2.19. The van der Waals surface area contributed by atoms with Crippen molar-refractivity contribution in [2.45, 2.75) is 6.42 Å². The molecule has 2 N–H and O–H groups in total. The molecule has 0 fully saturated rings. The molecule has 0 saturated heterocycles. The highest BCUT2D eigenvalue weighted by atomic mass is 15.1. The zero-order chi connectivity index (χ0) is 9.10. The van der Waals surface area contributed by atoms with Crippen LogP contribution in [0.5, 0.6) is 0 Å². The summed E-state index contributed by atoms with van der Waals surface area (Å²) in [6.45, 7) is 0. The fourth-order valence-electron chi connectivity index (χ4n) is 1.33. The second kappa shape index (κ2) is 3.35. The van der Waals surface area contributed by atoms with Crippen molar-refractivity contribution in [1.29, 1.82) is 0 Å². The lowest BCUT2D eigenvalue weighted by Gasteiger charge is -2.18. The first-order valence-electron chi connectivity index (χ1n) is 4.33. The highest BCUT2D eigenvalue weighted by Gasteiger charge is 2.00. The van der Waals surface area contributed by atoms with E-state index in [-0.39, 0.29) is 0 Å². The van der Waals surface area contributed by atoms with Gasteiger partial charge in [0.25, 0.3) is 0 Å². The van der Waals surface area contributed by atoms with Crippen molar-refractivity contribution in [2.24, 2.45) is 0 Å². The quantitative estimate of drug-likeness (QED) is 0.659. The Morgan fingerprint density at radius 1 is 1.15 bits per heavy atom. The molecular weight excluding hydrogens is 160 g/mol. The molecule has 0 aliphatic carbocycles. The van der Waals surface area contributed by atoms with Crippen LogP contribution in [0.3, 0.4) is 0 Å². The van der Waals surface area contributed by atoms with Crippen LogP contribution in [0.15, 0.2) is 48.8 Å². The average Bonchev–Trinajstić information content (AvgIpc) is 2.19. The van der Waals surface area contributed by atoms with Crippen molar-refractivity contribution < 1.29 is 0 Å². The number of nitrogens with zero attached hydrogens (tertiary/aromatic N) is 1. The Labute approximate surface area is 78.0 Å². The molecule has 1 aromatic rings. The van der Waals surface area contributed by atoms with Crippen LogP contribution in [-0.2, 0) is 0 Å². The first-order chi connectivity index (χ1) is 6.36. The van der Waals surface area contributed by atoms with Gasteiger partial charge >= 0.3 is 0 Å². The first-order valence-corrected chi connectivity index (χ1v) is 4.33. The molecular formula is C11H12N2. The zero-order valence-corrected chi connectivity index (χ0v) is 7.35. The summed E-state index contributed by atoms with van der Waals surface area (Å²) in [7, 11) is 0. The Balaban J connectivity index is 2.29. The molecule has 2 heteroatoms. The lowest BCUT2D eigenvalue weighted by Crippen LogP contribution is -2.08. The van der Waals surface area contributed by atoms with E-state index >= 15 is 0 Å². The van der Waals surface area contributed by atoms with Crippen LogP contribution in [0.25, 0.3) is 0 Å². The SMILES string of the molecule is Nc1cccc(N2C=CCC=C2)c1. The van der Waals surface area contributed by atoms with Crippen molar-refractivity contribution in [3.63, 3.8) is 0 Å². The molecule has 1 heterocycles. The fraction of sp³-hybridized carbons (Fsp3) is 0.0909. The summed E-state index contributed by atoms with van der Waals surface area (Å²) in [6, 6.07) is 7.85. The van der Waals surface area contributed by atoms with Crippen molar-refractivity contribution in [2.75, 3.05) is 10.6 Å². The van der Waals surface area contributed by atoms with Gasteiger partial charge in [-0.05, 0) is 24.6 Å². The van der Waals surface area contributed by atoms with Crippen LogP contribution < -0.4 is 10.6 Å². The van der Waals surface area contributed by atoms with E-state index in [0.29, 0.717) is 0 Å². The van der Waals surface area contributed by atoms with Gasteiger partial charge in [0.15, 0.2) is 0 Å². The summed E-state index contributed by atoms with van der Waals surface area (Å²) in [5.74, 6) is 0. The Morgan fingerprint density at radius 3 is 2.62 bits per heavy atom. The molecule has 0 amide bonds. The van der Waals surface area contributed by atoms with E-state index in [1.807, 2.05) is 24.3 Å². The van der Waals surface area contributed by atoms with E-state index in [9.17, 15) is 0 Å². The highest BCUT2D eigenvalue weighted by molar-refractivity contribution is 5.59. The van der Waals surface area contributed by atoms with Gasteiger partial charge < -0.3 is 10.6 Å². The summed E-state index contributed by atoms with van der Waals surface area (Å²) in [6.07, 6.45) is 9.34. The Kier molecular flexibility index (Phi) is 2.04. The van der Waals surface area contributed by atoms with Gasteiger partial charge in [-0.2, -0.15) is 0 Å². The third-order valence-electron chi connectivity index (χ3n) is 1.97. The zero-order valence-electron chi connectivity index (χ0n) is 7.35. The number of nitrogens with two attached hydrogens (primary N) is 1. The standard InChI is InChI=1S/C11H12N2/c12-10-5-4-6-11(9-10)13-7-2-1-3-8-13/h2-9H,1,12H2. The number of hydrogen-bond donors (Lipinski definition) is 1. The van der Waals surface area contributed by atoms with Gasteiger partial charge in [-0.25, -0.2) is 0 Å². The lowest BCUT2D eigenvalue weighted by atomic mass is 10.2. The van der Waals surface area contributed by atoms with E-state index in [1.165, 1.54) is 0 Å². The predicted octanol–water partition coefficient (Wildman–Crippen LogP) is 2.51. The van der Waals surface area contributed by atoms with E-state index in [2.05, 4.69) is 29.5 Å². The summed E-state index contributed by atoms with van der Waals surface area (Å²) < 4.78 is 0. The fourth-order valence-corrected chi connectivity index (χ4v) is 1.33. The van der Waals surface area contributed by atoms with Gasteiger partial charge in [-0.3, -0.25) is 0 Å². The molecule has 2 nitrogen and oxygen atoms in total. The Hall–Kier alpha value is -1.70. The van der Waals surface area contributed by atoms with E-state index < -0.39 is 0 Å². The maximum atomic E-state index is 5.69. The molecule has 1 aliphatic heterocycles. The second-order valence-electron chi connectivity index (χ2n) is 3.01. The largest absolute Gasteiger partial charge is 0.399 e. The minimum absolute atomic E-state index is 0.796. The van der Waals surface area contributed by atoms with Crippen LogP contribution in [0, 0.1) is 0 Å². The van der Waals surface area contributed by atoms with E-state index in [0.717, 1.165) is 17.8 Å². The molecule has 66 valence electrons. The van der Waals surface area contributed by atoms with Crippen LogP contribution in [0.2, 0.25) is 0 Å². The number of rotatable bonds is 1. The maximum Gasteiger partial charge on any atom is 0.0469 e. The topological polar surface area (TPSA) is 29.3 Å². The second-order valence-corrected chi connectivity index (χ2v) is 3.01. The molecule has 1 aliphatic rings. The lowest BCUT2D eigenvalue weighted by molar-refractivity contribution is 1.18. The maximum absolute atomic E-state index is 5.69. The van der Waals surface area contributed by atoms with Gasteiger partial charge in [0.05, 0.1) is 0 Å². The molecule has 13 heavy (non-hydrogen) atoms. The third-order valence-corrected chi connectivity index (χ3v) is 1.97. The summed E-state index contributed by atoms with van der Waals surface area (Å²) in [4.78, 5) is 2.06. The Bertz CT molecular complexity index is 341. The van der Waals surface area contributed by atoms with Crippen LogP contribution in [-0.4, -0.2) is 0 Å². The molecule has 0 unspecified atom stereocenters. The molecule has 0 saturated carbocycles. The van der Waals surface area contributed by atoms with Gasteiger partial charge in [-0.15, -0.1) is 0 Å². The smallest absolute Gasteiger partial charge is 0.0469 e. The number of anilines is 2. The number of nitrogen functional groups attached to an aromatic ring is 1. The molecule has 1 aromatic carbocycles. The van der Waals surface area contributed by atoms with Crippen LogP contribution in [0.1, 0.15) is 6.42 Å². The first kappa shape index (κ1) is 7.92. The summed E-state index contributed by atoms with van der Waals surface area (Å²) >= 11 is 0. The average molecular weight is 172 g/mol. The number of benzene rings is 1. The van der Waals surface area contributed by atoms with Gasteiger partial charge in [-0.1, -0.05) is 18.2 Å². The monoisotopic (exact) mass is 172 g/mol. The molecule has 0 bridgehead atoms. The summed E-state index contributed by atoms with van der Waals surface area (Å²) in [5.41, 5.74) is 7.59. The molecule has 0 aromatic heterocycles. The van der Waals surface area contributed by atoms with Gasteiger partial charge in [0.1, 0.15) is 0 Å². The minimum Gasteiger partial charge on any atom is -0.399 e. The minimum atomic E-state index is 0.796. The van der Waals surface area contributed by atoms with Crippen LogP contribution in [0.4, 0.5) is 11.4 Å². The molecule has 2 rings (SSSR count). The van der Waals surface area contributed by atoms with Crippen LogP contribution >= 0.6 is 0 Å². The molecule has 0 radical (unpaired) electrons. The Morgan fingerprint density at radius 2 is 1.92 bits per heavy atom. The third kappa shape index (κ3) is 1.72. The normalized spacial score (nSPS) is 14.9. The van der Waals surface area contributed by atoms with Crippen molar-refractivity contribution in [1.82, 2.24) is 0 Å².